The Morgan fingerprint density at radius 1 is 1.52 bits per heavy atom. The molecule has 0 aromatic carbocycles. The van der Waals surface area contributed by atoms with Crippen molar-refractivity contribution in [3.8, 4) is 0 Å². The highest BCUT2D eigenvalue weighted by atomic mass is 32.3. The third-order valence-electron chi connectivity index (χ3n) is 3.52. The number of ether oxygens (including phenoxy) is 4. The van der Waals surface area contributed by atoms with E-state index in [2.05, 4.69) is 6.58 Å². The molecule has 25 heavy (non-hydrogen) atoms. The van der Waals surface area contributed by atoms with Crippen LogP contribution in [0.3, 0.4) is 0 Å². The lowest BCUT2D eigenvalue weighted by Gasteiger charge is -2.28. The third-order valence-corrected chi connectivity index (χ3v) is 7.54. The normalized spacial score (nSPS) is 21.7. The molecule has 1 aliphatic heterocycles. The maximum atomic E-state index is 11.7. The molecule has 1 aromatic heterocycles. The van der Waals surface area contributed by atoms with E-state index in [1.807, 2.05) is 0 Å². The number of thioether (sulfide) groups is 1. The van der Waals surface area contributed by atoms with Crippen LogP contribution < -0.4 is 5.14 Å². The van der Waals surface area contributed by atoms with E-state index in [1.54, 1.807) is 37.9 Å². The monoisotopic (exact) mass is 409 g/mol. The molecule has 0 saturated heterocycles. The molecule has 2 N–H and O–H groups in total. The number of nitrogens with two attached hydrogens (primary N) is 1. The zero-order valence-electron chi connectivity index (χ0n) is 14.2. The van der Waals surface area contributed by atoms with Crippen LogP contribution in [-0.4, -0.2) is 47.1 Å². The van der Waals surface area contributed by atoms with Crippen molar-refractivity contribution >= 4 is 33.1 Å². The van der Waals surface area contributed by atoms with Gasteiger partial charge in [0, 0.05) is 17.9 Å². The highest BCUT2D eigenvalue weighted by Crippen LogP contribution is 2.47. The van der Waals surface area contributed by atoms with Crippen molar-refractivity contribution in [1.82, 2.24) is 0 Å². The molecule has 0 saturated carbocycles. The van der Waals surface area contributed by atoms with Crippen LogP contribution in [-0.2, 0) is 29.0 Å². The number of fused-ring (bicyclic) bond motifs is 1. The van der Waals surface area contributed by atoms with Gasteiger partial charge in [-0.05, 0) is 19.4 Å². The van der Waals surface area contributed by atoms with Crippen LogP contribution in [0.15, 0.2) is 27.1 Å². The highest BCUT2D eigenvalue weighted by molar-refractivity contribution is 8.02. The van der Waals surface area contributed by atoms with Crippen molar-refractivity contribution in [1.29, 1.82) is 0 Å². The molecule has 2 rings (SSSR count). The number of thiophene rings is 1. The van der Waals surface area contributed by atoms with Gasteiger partial charge in [0.15, 0.2) is 13.1 Å². The molecule has 0 bridgehead atoms. The number of sulfonamides is 1. The molecule has 7 nitrogen and oxygen atoms in total. The fraction of sp³-hybridized carbons (Fsp3) is 0.600. The predicted molar refractivity (Wildman–Crippen MR) is 97.2 cm³/mol. The van der Waals surface area contributed by atoms with E-state index in [0.29, 0.717) is 19.6 Å². The maximum Gasteiger partial charge on any atom is 0.247 e. The Hall–Kier alpha value is -0.460. The summed E-state index contributed by atoms with van der Waals surface area (Å²) >= 11 is 2.75. The van der Waals surface area contributed by atoms with E-state index >= 15 is 0 Å². The number of methoxy groups -OCH3 is 1. The summed E-state index contributed by atoms with van der Waals surface area (Å²) in [7, 11) is -2.20. The molecular formula is C15H23NO6S3. The highest BCUT2D eigenvalue weighted by Gasteiger charge is 2.32. The topological polar surface area (TPSA) is 97.1 Å². The Morgan fingerprint density at radius 3 is 2.92 bits per heavy atom. The number of rotatable bonds is 10. The zero-order chi connectivity index (χ0) is 18.4. The maximum absolute atomic E-state index is 11.7. The lowest BCUT2D eigenvalue weighted by atomic mass is 10.1. The van der Waals surface area contributed by atoms with E-state index in [0.717, 1.165) is 21.1 Å². The lowest BCUT2D eigenvalue weighted by Crippen LogP contribution is -2.23. The van der Waals surface area contributed by atoms with Gasteiger partial charge in [-0.1, -0.05) is 6.08 Å². The second-order valence-corrected chi connectivity index (χ2v) is 9.81. The summed E-state index contributed by atoms with van der Waals surface area (Å²) in [5, 5.41) is 5.40. The van der Waals surface area contributed by atoms with Gasteiger partial charge in [-0.3, -0.25) is 0 Å². The number of hydrogen-bond donors (Lipinski definition) is 1. The third kappa shape index (κ3) is 6.04. The van der Waals surface area contributed by atoms with Crippen molar-refractivity contribution < 1.29 is 27.4 Å². The van der Waals surface area contributed by atoms with Gasteiger partial charge in [0.2, 0.25) is 10.0 Å². The molecule has 1 aliphatic rings. The van der Waals surface area contributed by atoms with Gasteiger partial charge in [-0.2, -0.15) is 0 Å². The van der Waals surface area contributed by atoms with Crippen LogP contribution in [0.25, 0.3) is 0 Å². The summed E-state index contributed by atoms with van der Waals surface area (Å²) in [5.74, 6) is 0. The quantitative estimate of drug-likeness (QED) is 0.360. The number of primary sulfonamides is 1. The predicted octanol–water partition coefficient (Wildman–Crippen LogP) is 2.49. The largest absolute Gasteiger partial charge is 0.376 e. The summed E-state index contributed by atoms with van der Waals surface area (Å²) in [4.78, 5) is 0. The summed E-state index contributed by atoms with van der Waals surface area (Å²) in [5.41, 5.74) is 0.827. The molecule has 0 amide bonds. The first kappa shape index (κ1) is 20.8. The van der Waals surface area contributed by atoms with E-state index < -0.39 is 10.0 Å². The standard InChI is InChI=1S/C15H23NO6S3/c1-4-5-20-8-11-6-13(22-9-21-10(2)19-3)12-7-14(25(16,17)18)24-15(12)23-11/h4,7,10-11,13H,1,5-6,8-9H2,2-3H3,(H2,16,17,18). The van der Waals surface area contributed by atoms with E-state index in [-0.39, 0.29) is 28.6 Å². The van der Waals surface area contributed by atoms with Crippen molar-refractivity contribution in [3.63, 3.8) is 0 Å². The number of hydrogen-bond acceptors (Lipinski definition) is 8. The van der Waals surface area contributed by atoms with E-state index in [9.17, 15) is 8.42 Å². The second-order valence-electron chi connectivity index (χ2n) is 5.40. The summed E-state index contributed by atoms with van der Waals surface area (Å²) in [6, 6.07) is 1.59. The van der Waals surface area contributed by atoms with E-state index in [4.69, 9.17) is 24.1 Å². The van der Waals surface area contributed by atoms with Crippen LogP contribution in [0.1, 0.15) is 25.0 Å². The Balaban J connectivity index is 2.12. The van der Waals surface area contributed by atoms with Gasteiger partial charge in [-0.15, -0.1) is 29.7 Å². The smallest absolute Gasteiger partial charge is 0.247 e. The van der Waals surface area contributed by atoms with E-state index in [1.165, 1.54) is 0 Å². The van der Waals surface area contributed by atoms with Crippen LogP contribution >= 0.6 is 23.1 Å². The second kappa shape index (κ2) is 9.47. The van der Waals surface area contributed by atoms with Gasteiger partial charge in [0.05, 0.1) is 23.5 Å². The van der Waals surface area contributed by atoms with Crippen molar-refractivity contribution in [2.45, 2.75) is 39.4 Å². The fourth-order valence-electron chi connectivity index (χ4n) is 2.22. The molecule has 0 spiro atoms. The van der Waals surface area contributed by atoms with Crippen LogP contribution in [0.5, 0.6) is 0 Å². The first-order valence-electron chi connectivity index (χ1n) is 7.63. The molecular weight excluding hydrogens is 386 g/mol. The molecule has 2 heterocycles. The Morgan fingerprint density at radius 2 is 2.28 bits per heavy atom. The van der Waals surface area contributed by atoms with Gasteiger partial charge in [0.1, 0.15) is 4.21 Å². The first-order chi connectivity index (χ1) is 11.8. The fourth-order valence-corrected chi connectivity index (χ4v) is 5.99. The summed E-state index contributed by atoms with van der Waals surface area (Å²) in [6.07, 6.45) is 1.70. The zero-order valence-corrected chi connectivity index (χ0v) is 16.6. The van der Waals surface area contributed by atoms with Crippen molar-refractivity contribution in [3.05, 3.63) is 24.3 Å². The molecule has 3 atom stereocenters. The molecule has 0 aliphatic carbocycles. The van der Waals surface area contributed by atoms with Gasteiger partial charge in [0.25, 0.3) is 0 Å². The molecule has 142 valence electrons. The minimum Gasteiger partial charge on any atom is -0.376 e. The van der Waals surface area contributed by atoms with Crippen molar-refractivity contribution in [2.24, 2.45) is 5.14 Å². The Bertz CT molecular complexity index is 675. The average Bonchev–Trinajstić information content (AvgIpc) is 2.99. The van der Waals surface area contributed by atoms with Gasteiger partial charge >= 0.3 is 0 Å². The van der Waals surface area contributed by atoms with Gasteiger partial charge in [-0.25, -0.2) is 13.6 Å². The Kier molecular flexibility index (Phi) is 7.90. The van der Waals surface area contributed by atoms with Crippen LogP contribution in [0.4, 0.5) is 0 Å². The SMILES string of the molecule is C=CCOCC1CC(OCOC(C)OC)c2cc(S(N)(=O)=O)sc2S1. The summed E-state index contributed by atoms with van der Waals surface area (Å²) < 4.78 is 46.1. The Labute approximate surface area is 156 Å². The molecule has 10 heteroatoms. The van der Waals surface area contributed by atoms with Gasteiger partial charge < -0.3 is 18.9 Å². The van der Waals surface area contributed by atoms with Crippen LogP contribution in [0.2, 0.25) is 0 Å². The molecule has 0 radical (unpaired) electrons. The minimum atomic E-state index is -3.74. The van der Waals surface area contributed by atoms with Crippen LogP contribution in [0, 0.1) is 0 Å². The van der Waals surface area contributed by atoms with Crippen molar-refractivity contribution in [2.75, 3.05) is 27.1 Å². The molecule has 1 aromatic rings. The minimum absolute atomic E-state index is 0.0462. The molecule has 0 fully saturated rings. The first-order valence-corrected chi connectivity index (χ1v) is 10.9. The lowest BCUT2D eigenvalue weighted by molar-refractivity contribution is -0.190. The molecule has 3 unspecified atom stereocenters. The average molecular weight is 410 g/mol. The summed E-state index contributed by atoms with van der Waals surface area (Å²) in [6.45, 7) is 6.43.